The second kappa shape index (κ2) is 41.7. The lowest BCUT2D eigenvalue weighted by molar-refractivity contribution is -0.183. The highest BCUT2D eigenvalue weighted by atomic mass is 79.9. The number of aliphatic hydroxyl groups is 1. The van der Waals surface area contributed by atoms with Crippen molar-refractivity contribution >= 4 is 195 Å². The molecule has 8 unspecified atom stereocenters. The number of nitrogens with one attached hydrogen (secondary N) is 2. The molecule has 0 radical (unpaired) electrons. The Labute approximate surface area is 670 Å². The number of allylic oxidation sites excluding steroid dienone is 2. The summed E-state index contributed by atoms with van der Waals surface area (Å²) in [6.07, 6.45) is -3.97. The summed E-state index contributed by atoms with van der Waals surface area (Å²) in [5.41, 5.74) is 4.86. The van der Waals surface area contributed by atoms with Crippen LogP contribution in [0.15, 0.2) is 117 Å². The van der Waals surface area contributed by atoms with Crippen LogP contribution in [0.4, 0.5) is 11.4 Å². The topological polar surface area (TPSA) is 435 Å². The number of halogens is 6. The number of hydrogen-bond donors (Lipinski definition) is 4. The molecule has 6 aromatic rings. The maximum Gasteiger partial charge on any atom is 0.347 e. The number of guanidine groups is 2. The maximum atomic E-state index is 13.3. The van der Waals surface area contributed by atoms with Crippen molar-refractivity contribution in [3.63, 3.8) is 0 Å². The number of Topliss-reactive ketones (excluding diaryl/α,β-unsaturated/α-hetero) is 2. The molecular weight excluding hydrogens is 1670 g/mol. The van der Waals surface area contributed by atoms with Gasteiger partial charge in [0, 0.05) is 49.0 Å². The number of benzene rings is 4. The predicted octanol–water partition coefficient (Wildman–Crippen LogP) is 10.0. The number of aliphatic hydroxyl groups excluding tert-OH is 1. The number of anilines is 2. The summed E-state index contributed by atoms with van der Waals surface area (Å²) in [5.74, 6) is -9.58. The average molecular weight is 1750 g/mol. The molecule has 4 N–H and O–H groups in total. The molecule has 8 atom stereocenters. The monoisotopic (exact) mass is 1740 g/mol. The number of carbonyl (C=O) groups is 12. The summed E-state index contributed by atoms with van der Waals surface area (Å²) >= 11 is 31.4. The quantitative estimate of drug-likeness (QED) is 0.0147. The number of aromatic nitrogens is 4. The van der Waals surface area contributed by atoms with E-state index in [-0.39, 0.29) is 79.3 Å². The number of ketones is 2. The number of carboxylic acid groups (broad SMARTS) is 1. The second-order valence-corrected chi connectivity index (χ2v) is 26.7. The lowest BCUT2D eigenvalue weighted by atomic mass is 10.0. The van der Waals surface area contributed by atoms with Crippen LogP contribution in [-0.2, 0) is 81.1 Å². The molecule has 39 heteroatoms. The largest absolute Gasteiger partial charge is 0.480 e. The van der Waals surface area contributed by atoms with Gasteiger partial charge in [0.05, 0.1) is 54.5 Å². The number of carboxylic acids is 1. The zero-order valence-electron chi connectivity index (χ0n) is 60.9. The third-order valence-electron chi connectivity index (χ3n) is 15.4. The molecule has 0 saturated carbocycles. The van der Waals surface area contributed by atoms with Gasteiger partial charge in [-0.15, -0.1) is 0 Å². The second-order valence-electron chi connectivity index (χ2n) is 23.6. The van der Waals surface area contributed by atoms with Gasteiger partial charge in [0.25, 0.3) is 11.8 Å². The van der Waals surface area contributed by atoms with Gasteiger partial charge in [-0.05, 0) is 160 Å². The Morgan fingerprint density at radius 3 is 1.15 bits per heavy atom. The molecule has 2 aliphatic heterocycles. The van der Waals surface area contributed by atoms with Crippen molar-refractivity contribution in [3.8, 4) is 11.5 Å². The van der Waals surface area contributed by atoms with Crippen LogP contribution < -0.4 is 20.1 Å². The van der Waals surface area contributed by atoms with E-state index in [4.69, 9.17) is 99.2 Å². The zero-order chi connectivity index (χ0) is 82.4. The highest BCUT2D eigenvalue weighted by molar-refractivity contribution is 9.11. The van der Waals surface area contributed by atoms with Crippen LogP contribution in [0.5, 0.6) is 11.5 Å². The van der Waals surface area contributed by atoms with Crippen molar-refractivity contribution in [1.29, 1.82) is 0 Å². The molecule has 0 saturated heterocycles. The van der Waals surface area contributed by atoms with Crippen molar-refractivity contribution in [2.24, 2.45) is 9.98 Å². The predicted molar refractivity (Wildman–Crippen MR) is 409 cm³/mol. The van der Waals surface area contributed by atoms with Crippen molar-refractivity contribution < 1.29 is 110 Å². The maximum absolute atomic E-state index is 13.3. The third-order valence-corrected chi connectivity index (χ3v) is 18.7. The molecular formula is C72H74Br2Cl4N10O23. The molecule has 8 rings (SSSR count). The van der Waals surface area contributed by atoms with E-state index in [9.17, 15) is 57.5 Å². The van der Waals surface area contributed by atoms with Crippen LogP contribution >= 0.6 is 78.3 Å². The van der Waals surface area contributed by atoms with Crippen molar-refractivity contribution in [1.82, 2.24) is 29.7 Å². The minimum Gasteiger partial charge on any atom is -0.480 e. The third kappa shape index (κ3) is 24.3. The van der Waals surface area contributed by atoms with Gasteiger partial charge in [0.2, 0.25) is 11.9 Å². The number of aliphatic imine (C=N–C) groups is 2. The number of ether oxygens (including phenoxy) is 9. The molecule has 0 aliphatic carbocycles. The standard InChI is InChI=1S/C36H36BrCl2N5O11.C23H26BrN5O8.C13H12Cl2O4/c1-7-17(2)31(46)22-8-11-25(29(39)28(22)38)51-16-26(45)52-19(4)33(48)54-21(6)35(50)55-20(5)34(49)53-18(3)32(47)44-15-14-42-36(44)43-23-9-10-24-30(27(23)37)41-13-12-40-24;1-11(30)20(32)36-13(3)22(34)37-14(4)21(33)35-12(2)19(31)29-10-9-27-23(29)28-15-5-6-16-18(17(15)24)26-8-7-25-16;1-3-7(2)13(18)8-4-5-9(12(15)11(8)14)19-6-10(16)17/h8-13,18-21H,2,7,14-16H2,1,3-6H3,(H,42,43);5-8,11-14,30H,9-10H2,1-4H3,(H,27,28);4-5H,2-3,6H2,1H3,(H,16,17). The van der Waals surface area contributed by atoms with Crippen LogP contribution in [-0.4, -0.2) is 211 Å². The average Bonchev–Trinajstić information content (AvgIpc) is 1.82. The number of hydrogen-bond acceptors (Lipinski definition) is 30. The van der Waals surface area contributed by atoms with Crippen molar-refractivity contribution in [3.05, 3.63) is 138 Å². The smallest absolute Gasteiger partial charge is 0.347 e. The van der Waals surface area contributed by atoms with E-state index in [1.54, 1.807) is 62.9 Å². The van der Waals surface area contributed by atoms with E-state index in [1.807, 2.05) is 0 Å². The number of nitrogens with zero attached hydrogens (tertiary/aromatic N) is 8. The molecule has 2 aromatic heterocycles. The van der Waals surface area contributed by atoms with Crippen LogP contribution in [0, 0.1) is 0 Å². The van der Waals surface area contributed by atoms with E-state index < -0.39 is 122 Å². The van der Waals surface area contributed by atoms with E-state index >= 15 is 0 Å². The molecule has 4 aromatic carbocycles. The number of carbonyl (C=O) groups excluding carboxylic acids is 11. The Bertz CT molecular complexity index is 4690. The molecule has 2 amide bonds. The first-order valence-electron chi connectivity index (χ1n) is 33.4. The highest BCUT2D eigenvalue weighted by Crippen LogP contribution is 2.38. The Hall–Kier alpha value is -10.3. The van der Waals surface area contributed by atoms with Crippen LogP contribution in [0.1, 0.15) is 103 Å². The van der Waals surface area contributed by atoms with Gasteiger partial charge in [-0.2, -0.15) is 0 Å². The fraction of sp³-hybridized carbons (Fsp3) is 0.361. The fourth-order valence-electron chi connectivity index (χ4n) is 9.23. The number of amides is 2. The Morgan fingerprint density at radius 1 is 0.468 bits per heavy atom. The van der Waals surface area contributed by atoms with Gasteiger partial charge in [0.15, 0.2) is 67.5 Å². The first-order chi connectivity index (χ1) is 52.4. The minimum atomic E-state index is -1.53. The first-order valence-corrected chi connectivity index (χ1v) is 36.5. The molecule has 0 spiro atoms. The lowest BCUT2D eigenvalue weighted by Gasteiger charge is -2.24. The molecule has 592 valence electrons. The van der Waals surface area contributed by atoms with Crippen LogP contribution in [0.25, 0.3) is 22.1 Å². The van der Waals surface area contributed by atoms with Crippen LogP contribution in [0.3, 0.4) is 0 Å². The van der Waals surface area contributed by atoms with E-state index in [0.29, 0.717) is 79.5 Å². The van der Waals surface area contributed by atoms with Crippen LogP contribution in [0.2, 0.25) is 20.1 Å². The molecule has 0 bridgehead atoms. The summed E-state index contributed by atoms with van der Waals surface area (Å²) in [4.78, 5) is 176. The van der Waals surface area contributed by atoms with Gasteiger partial charge in [0.1, 0.15) is 38.7 Å². The number of rotatable bonds is 29. The van der Waals surface area contributed by atoms with Crippen molar-refractivity contribution in [2.45, 2.75) is 131 Å². The van der Waals surface area contributed by atoms with Gasteiger partial charge in [-0.3, -0.25) is 58.9 Å². The number of esters is 7. The summed E-state index contributed by atoms with van der Waals surface area (Å²) in [6, 6.07) is 12.6. The molecule has 0 fully saturated rings. The Morgan fingerprint density at radius 2 is 0.802 bits per heavy atom. The Kier molecular flexibility index (Phi) is 33.6. The fourth-order valence-corrected chi connectivity index (χ4v) is 11.2. The normalized spacial score (nSPS) is 14.3. The SMILES string of the molecule is C=C(CC)C(=O)c1ccc(OCC(=O)O)c(Cl)c1Cl.C=C(CC)C(=O)c1ccc(OCC(=O)OC(C)C(=O)OC(C)C(=O)OC(C)C(=O)OC(C)C(=O)N2CCN=C2Nc2ccc3nccnc3c2Br)c(Cl)c1Cl.CC(O)C(=O)OC(C)C(=O)OC(C)C(=O)OC(C)C(=O)N1CCN=C1Nc1ccc2nccnc2c1Br. The lowest BCUT2D eigenvalue weighted by Crippen LogP contribution is -2.45. The van der Waals surface area contributed by atoms with Crippen molar-refractivity contribution in [2.75, 3.05) is 50.0 Å². The van der Waals surface area contributed by atoms with Gasteiger partial charge in [-0.25, -0.2) is 38.4 Å². The summed E-state index contributed by atoms with van der Waals surface area (Å²) in [7, 11) is 0. The highest BCUT2D eigenvalue weighted by Gasteiger charge is 2.37. The van der Waals surface area contributed by atoms with Gasteiger partial charge in [-0.1, -0.05) is 73.4 Å². The number of fused-ring (bicyclic) bond motifs is 2. The van der Waals surface area contributed by atoms with Gasteiger partial charge >= 0.3 is 47.8 Å². The molecule has 4 heterocycles. The molecule has 2 aliphatic rings. The summed E-state index contributed by atoms with van der Waals surface area (Å²) in [5, 5.41) is 23.7. The summed E-state index contributed by atoms with van der Waals surface area (Å²) < 4.78 is 46.9. The van der Waals surface area contributed by atoms with E-state index in [2.05, 4.69) is 85.6 Å². The first kappa shape index (κ1) is 89.6. The molecule has 33 nitrogen and oxygen atoms in total. The minimum absolute atomic E-state index is 0.0117. The number of aliphatic carboxylic acids is 1. The van der Waals surface area contributed by atoms with Gasteiger partial charge < -0.3 is 63.5 Å². The van der Waals surface area contributed by atoms with E-state index in [1.165, 1.54) is 89.5 Å². The Balaban J connectivity index is 0.000000293. The van der Waals surface area contributed by atoms with E-state index in [0.717, 1.165) is 0 Å². The molecule has 111 heavy (non-hydrogen) atoms. The summed E-state index contributed by atoms with van der Waals surface area (Å²) in [6.45, 7) is 20.8. The zero-order valence-corrected chi connectivity index (χ0v) is 67.1.